The maximum atomic E-state index is 12.4. The molecule has 0 aromatic heterocycles. The fourth-order valence-electron chi connectivity index (χ4n) is 2.27. The molecule has 1 aromatic carbocycles. The van der Waals surface area contributed by atoms with E-state index in [1.54, 1.807) is 32.9 Å². The van der Waals surface area contributed by atoms with E-state index in [9.17, 15) is 13.2 Å². The van der Waals surface area contributed by atoms with Crippen LogP contribution in [-0.4, -0.2) is 37.8 Å². The van der Waals surface area contributed by atoms with Gasteiger partial charge in [-0.1, -0.05) is 17.7 Å². The van der Waals surface area contributed by atoms with Crippen LogP contribution in [0.3, 0.4) is 0 Å². The molecule has 7 heteroatoms. The molecule has 1 fully saturated rings. The van der Waals surface area contributed by atoms with Crippen molar-refractivity contribution in [2.75, 3.05) is 6.54 Å². The van der Waals surface area contributed by atoms with Crippen molar-refractivity contribution in [1.29, 1.82) is 0 Å². The molecule has 1 atom stereocenters. The van der Waals surface area contributed by atoms with E-state index < -0.39 is 28.0 Å². The van der Waals surface area contributed by atoms with Gasteiger partial charge in [-0.2, -0.15) is 8.42 Å². The van der Waals surface area contributed by atoms with Crippen molar-refractivity contribution >= 4 is 16.2 Å². The van der Waals surface area contributed by atoms with Crippen molar-refractivity contribution in [2.45, 2.75) is 57.3 Å². The first-order chi connectivity index (χ1) is 10.6. The zero-order valence-electron chi connectivity index (χ0n) is 13.9. The Kier molecular flexibility index (Phi) is 5.01. The Morgan fingerprint density at radius 3 is 2.39 bits per heavy atom. The van der Waals surface area contributed by atoms with Crippen molar-refractivity contribution in [2.24, 2.45) is 0 Å². The van der Waals surface area contributed by atoms with Crippen LogP contribution in [0.4, 0.5) is 4.79 Å². The highest BCUT2D eigenvalue weighted by Crippen LogP contribution is 2.25. The molecule has 0 saturated carbocycles. The fourth-order valence-corrected chi connectivity index (χ4v) is 3.35. The quantitative estimate of drug-likeness (QED) is 0.790. The van der Waals surface area contributed by atoms with E-state index in [4.69, 9.17) is 8.92 Å². The van der Waals surface area contributed by atoms with Gasteiger partial charge in [-0.05, 0) is 52.7 Å². The van der Waals surface area contributed by atoms with Crippen LogP contribution < -0.4 is 0 Å². The van der Waals surface area contributed by atoms with Crippen molar-refractivity contribution in [1.82, 2.24) is 4.90 Å². The van der Waals surface area contributed by atoms with E-state index in [0.717, 1.165) is 5.56 Å². The maximum Gasteiger partial charge on any atom is 0.412 e. The van der Waals surface area contributed by atoms with Crippen LogP contribution in [0.1, 0.15) is 39.2 Å². The smallest absolute Gasteiger partial charge is 0.412 e. The van der Waals surface area contributed by atoms with Gasteiger partial charge in [-0.15, -0.1) is 0 Å². The lowest BCUT2D eigenvalue weighted by Gasteiger charge is -2.28. The molecule has 0 bridgehead atoms. The summed E-state index contributed by atoms with van der Waals surface area (Å²) in [5, 5.41) is 0. The number of hydrogen-bond acceptors (Lipinski definition) is 5. The van der Waals surface area contributed by atoms with Crippen molar-refractivity contribution in [3.05, 3.63) is 29.8 Å². The summed E-state index contributed by atoms with van der Waals surface area (Å²) in [6.45, 7) is 7.58. The first kappa shape index (κ1) is 17.7. The Morgan fingerprint density at radius 1 is 1.22 bits per heavy atom. The topological polar surface area (TPSA) is 72.9 Å². The summed E-state index contributed by atoms with van der Waals surface area (Å²) in [4.78, 5) is 13.6. The normalized spacial score (nSPS) is 19.0. The number of likely N-dealkylation sites (tertiary alicyclic amines) is 1. The summed E-state index contributed by atoms with van der Waals surface area (Å²) in [6, 6.07) is 6.40. The van der Waals surface area contributed by atoms with E-state index in [-0.39, 0.29) is 4.90 Å². The third kappa shape index (κ3) is 4.68. The molecule has 0 N–H and O–H groups in total. The SMILES string of the molecule is Cc1ccc(S(=O)(=O)O[C@@H]2CCCN2C(=O)OC(C)(C)C)cc1. The average molecular weight is 341 g/mol. The van der Waals surface area contributed by atoms with Gasteiger partial charge in [-0.25, -0.2) is 8.98 Å². The van der Waals surface area contributed by atoms with Crippen LogP contribution in [0.15, 0.2) is 29.2 Å². The van der Waals surface area contributed by atoms with Gasteiger partial charge in [0.1, 0.15) is 5.60 Å². The first-order valence-corrected chi connectivity index (χ1v) is 8.99. The Bertz CT molecular complexity index is 661. The molecule has 1 amide bonds. The third-order valence-electron chi connectivity index (χ3n) is 3.37. The molecular weight excluding hydrogens is 318 g/mol. The molecule has 0 unspecified atom stereocenters. The van der Waals surface area contributed by atoms with E-state index >= 15 is 0 Å². The number of rotatable bonds is 3. The first-order valence-electron chi connectivity index (χ1n) is 7.58. The summed E-state index contributed by atoms with van der Waals surface area (Å²) in [5.41, 5.74) is 0.320. The molecule has 1 aromatic rings. The Hall–Kier alpha value is -1.60. The zero-order chi connectivity index (χ0) is 17.3. The standard InChI is InChI=1S/C16H23NO5S/c1-12-7-9-13(10-8-12)23(19,20)22-14-6-5-11-17(14)15(18)21-16(2,3)4/h7-10,14H,5-6,11H2,1-4H3/t14-/m1/s1. The van der Waals surface area contributed by atoms with Gasteiger partial charge in [0.2, 0.25) is 0 Å². The molecule has 6 nitrogen and oxygen atoms in total. The van der Waals surface area contributed by atoms with Gasteiger partial charge in [0.05, 0.1) is 4.90 Å². The second-order valence-electron chi connectivity index (χ2n) is 6.63. The maximum absolute atomic E-state index is 12.4. The van der Waals surface area contributed by atoms with Crippen LogP contribution in [0.5, 0.6) is 0 Å². The van der Waals surface area contributed by atoms with E-state index in [1.165, 1.54) is 17.0 Å². The van der Waals surface area contributed by atoms with Gasteiger partial charge in [-0.3, -0.25) is 4.90 Å². The molecule has 1 aliphatic heterocycles. The van der Waals surface area contributed by atoms with E-state index in [0.29, 0.717) is 19.4 Å². The van der Waals surface area contributed by atoms with Gasteiger partial charge in [0.15, 0.2) is 6.23 Å². The number of benzene rings is 1. The predicted molar refractivity (Wildman–Crippen MR) is 85.4 cm³/mol. The minimum atomic E-state index is -3.92. The van der Waals surface area contributed by atoms with Gasteiger partial charge in [0.25, 0.3) is 10.1 Å². The second-order valence-corrected chi connectivity index (χ2v) is 8.21. The van der Waals surface area contributed by atoms with Gasteiger partial charge in [0, 0.05) is 6.54 Å². The lowest BCUT2D eigenvalue weighted by molar-refractivity contribution is -0.00323. The van der Waals surface area contributed by atoms with E-state index in [1.807, 2.05) is 6.92 Å². The number of nitrogens with zero attached hydrogens (tertiary/aromatic N) is 1. The minimum absolute atomic E-state index is 0.0825. The number of carbonyl (C=O) groups is 1. The Balaban J connectivity index is 2.11. The highest BCUT2D eigenvalue weighted by atomic mass is 32.2. The summed E-state index contributed by atoms with van der Waals surface area (Å²) < 4.78 is 35.3. The summed E-state index contributed by atoms with van der Waals surface area (Å²) >= 11 is 0. The van der Waals surface area contributed by atoms with Gasteiger partial charge >= 0.3 is 6.09 Å². The molecule has 1 aliphatic rings. The molecule has 0 spiro atoms. The van der Waals surface area contributed by atoms with Crippen LogP contribution in [-0.2, 0) is 19.0 Å². The molecular formula is C16H23NO5S. The number of carbonyl (C=O) groups excluding carboxylic acids is 1. The average Bonchev–Trinajstić information content (AvgIpc) is 2.84. The second kappa shape index (κ2) is 6.49. The number of aryl methyl sites for hydroxylation is 1. The molecule has 1 heterocycles. The van der Waals surface area contributed by atoms with Crippen LogP contribution in [0, 0.1) is 6.92 Å². The summed E-state index contributed by atoms with van der Waals surface area (Å²) in [7, 11) is -3.92. The van der Waals surface area contributed by atoms with Crippen molar-refractivity contribution in [3.8, 4) is 0 Å². The number of amides is 1. The van der Waals surface area contributed by atoms with Crippen molar-refractivity contribution < 1.29 is 22.1 Å². The van der Waals surface area contributed by atoms with Crippen LogP contribution >= 0.6 is 0 Å². The molecule has 0 aliphatic carbocycles. The molecule has 23 heavy (non-hydrogen) atoms. The van der Waals surface area contributed by atoms with Crippen molar-refractivity contribution in [3.63, 3.8) is 0 Å². The molecule has 2 rings (SSSR count). The number of ether oxygens (including phenoxy) is 1. The lowest BCUT2D eigenvalue weighted by Crippen LogP contribution is -2.41. The largest absolute Gasteiger partial charge is 0.444 e. The molecule has 0 radical (unpaired) electrons. The molecule has 128 valence electrons. The number of hydrogen-bond donors (Lipinski definition) is 0. The molecule has 1 saturated heterocycles. The fraction of sp³-hybridized carbons (Fsp3) is 0.562. The Morgan fingerprint density at radius 2 is 1.83 bits per heavy atom. The van der Waals surface area contributed by atoms with E-state index in [2.05, 4.69) is 0 Å². The summed E-state index contributed by atoms with van der Waals surface area (Å²) in [6.07, 6.45) is -0.243. The predicted octanol–water partition coefficient (Wildman–Crippen LogP) is 3.06. The highest BCUT2D eigenvalue weighted by Gasteiger charge is 2.36. The Labute approximate surface area is 137 Å². The zero-order valence-corrected chi connectivity index (χ0v) is 14.7. The lowest BCUT2D eigenvalue weighted by atomic mass is 10.2. The minimum Gasteiger partial charge on any atom is -0.444 e. The van der Waals surface area contributed by atoms with Gasteiger partial charge < -0.3 is 4.74 Å². The van der Waals surface area contributed by atoms with Crippen LogP contribution in [0.25, 0.3) is 0 Å². The third-order valence-corrected chi connectivity index (χ3v) is 4.70. The van der Waals surface area contributed by atoms with Crippen LogP contribution in [0.2, 0.25) is 0 Å². The highest BCUT2D eigenvalue weighted by molar-refractivity contribution is 7.86. The monoisotopic (exact) mass is 341 g/mol. The summed E-state index contributed by atoms with van der Waals surface area (Å²) in [5.74, 6) is 0.